The van der Waals surface area contributed by atoms with Crippen molar-refractivity contribution in [2.75, 3.05) is 21.1 Å². The van der Waals surface area contributed by atoms with Crippen LogP contribution < -0.4 is 0 Å². The molecule has 2 saturated heterocycles. The highest BCUT2D eigenvalue weighted by Crippen LogP contribution is 2.49. The van der Waals surface area contributed by atoms with E-state index in [1.54, 1.807) is 78.2 Å². The van der Waals surface area contributed by atoms with Gasteiger partial charge in [0.1, 0.15) is 16.4 Å². The summed E-state index contributed by atoms with van der Waals surface area (Å²) in [5.41, 5.74) is 12.2. The standard InChI is InChI=1S/C39H54N4O4Si.C36H49ClN4O4Si.C29H33N3O2.C3H7BO2/c1-38(2,3)46-37(45)43-32(23-27-12-14-30(15-13-27)36(44)42(7)26-28-11-10-22-40-24-28)19-21-34(43)35(47-48(8,9)39(4,5)6)31-18-20-33(41-25-31)29-16-17-29;1-35(2,3)44-34(43)41-29(21-25-12-14-27(15-13-25)33(42)40(7)24-26-11-10-20-38-22-26)17-18-30(41)32(28-16-19-31(37)39-23-28)45-46(8,9)36(4,5)6;1-32(19-22-3-2-14-30-17-22)29(34)24-7-4-20(5-8-24)15-21-6-9-25(16-21)28(33)26-12-13-27(31-18-26)23-10-11-23;5-4(6)3-1-2-3/h10-15,18,20,22,24-25,29,32,34-35H,16-17,19,21,23,26H2,1-9H3;10-16,19-20,22-23,29-30,32H,17-18,21,24H2,1-9H3;2-5,7-8,12-14,17-18,21,23,25,28,33H,6,9-11,15-16,19H2,1H3;3,5-6H,1-2H2/t32-,34+,35+;29-,30+,32+;21-,25-,28-;/m000./s1. The molecule has 716 valence electrons. The van der Waals surface area contributed by atoms with Gasteiger partial charge < -0.3 is 48.2 Å². The average Bonchev–Trinajstić information content (AvgIpc) is 1.54. The number of aromatic nitrogens is 6. The van der Waals surface area contributed by atoms with E-state index < -0.39 is 47.2 Å². The van der Waals surface area contributed by atoms with Gasteiger partial charge in [0.05, 0.1) is 30.4 Å². The van der Waals surface area contributed by atoms with E-state index in [0.29, 0.717) is 78.0 Å². The predicted molar refractivity (Wildman–Crippen MR) is 533 cm³/mol. The molecule has 4 aliphatic carbocycles. The van der Waals surface area contributed by atoms with Crippen molar-refractivity contribution in [2.24, 2.45) is 11.8 Å². The van der Waals surface area contributed by atoms with Gasteiger partial charge in [-0.25, -0.2) is 14.6 Å². The highest BCUT2D eigenvalue weighted by molar-refractivity contribution is 6.74. The number of carbonyl (C=O) groups excluding carboxylic acids is 5. The molecule has 8 heterocycles. The second-order valence-electron chi connectivity index (χ2n) is 42.9. The molecule has 27 heteroatoms. The lowest BCUT2D eigenvalue weighted by Crippen LogP contribution is -2.50. The number of hydrogen-bond donors (Lipinski definition) is 3. The lowest BCUT2D eigenvalue weighted by Gasteiger charge is -2.43. The maximum absolute atomic E-state index is 14.1. The second-order valence-corrected chi connectivity index (χ2v) is 52.8. The number of benzene rings is 3. The topological polar surface area (TPSA) is 276 Å². The first-order chi connectivity index (χ1) is 63.3. The van der Waals surface area contributed by atoms with Crippen LogP contribution in [0.3, 0.4) is 0 Å². The minimum Gasteiger partial charge on any atom is -0.444 e. The maximum Gasteiger partial charge on any atom is 0.454 e. The minimum absolute atomic E-state index is 0.00732. The van der Waals surface area contributed by atoms with Crippen molar-refractivity contribution in [3.05, 3.63) is 285 Å². The van der Waals surface area contributed by atoms with Gasteiger partial charge in [0.2, 0.25) is 0 Å². The SMILES string of the molecule is CN(Cc1cccnc1)C(=O)c1ccc(C[C@@H]2CC[C@H]([C@H](O)c3ccc(C4CC4)nc3)C2)cc1.CN(Cc1cccnc1)C(=O)c1ccc(C[C@@H]2CC[C@H]([C@H](O[Si](C)(C)C(C)(C)C)c3ccc(C4CC4)nc3)N2C(=O)OC(C)(C)C)cc1.CN(Cc1cccnc1)C(=O)c1ccc(C[C@@H]2CC[C@H]([C@H](O[Si](C)(C)C(C)(C)C)c3ccc(Cl)nc3)N2C(=O)OC(C)(C)C)cc1.OB(O)C1CC1. The van der Waals surface area contributed by atoms with Gasteiger partial charge in [-0.15, -0.1) is 0 Å². The number of aliphatic hydroxyl groups is 1. The number of hydrogen-bond acceptors (Lipinski definition) is 18. The molecule has 15 rings (SSSR count). The first-order valence-corrected chi connectivity index (χ1v) is 54.2. The molecular formula is C107H143BClN11O12Si2. The van der Waals surface area contributed by atoms with Crippen molar-refractivity contribution in [3.63, 3.8) is 0 Å². The van der Waals surface area contributed by atoms with Crippen LogP contribution in [0.2, 0.25) is 47.2 Å². The zero-order valence-corrected chi connectivity index (χ0v) is 85.1. The van der Waals surface area contributed by atoms with Crippen LogP contribution in [0.25, 0.3) is 0 Å². The first kappa shape index (κ1) is 103. The van der Waals surface area contributed by atoms with Crippen LogP contribution in [0.5, 0.6) is 0 Å². The zero-order chi connectivity index (χ0) is 96.8. The van der Waals surface area contributed by atoms with Crippen LogP contribution >= 0.6 is 11.6 Å². The lowest BCUT2D eigenvalue weighted by molar-refractivity contribution is -0.00314. The molecule has 0 unspecified atom stereocenters. The number of rotatable bonds is 28. The Morgan fingerprint density at radius 3 is 1.09 bits per heavy atom. The van der Waals surface area contributed by atoms with Crippen LogP contribution in [0.4, 0.5) is 9.59 Å². The summed E-state index contributed by atoms with van der Waals surface area (Å²) in [6.45, 7) is 35.3. The summed E-state index contributed by atoms with van der Waals surface area (Å²) < 4.78 is 26.4. The molecule has 9 aromatic rings. The van der Waals surface area contributed by atoms with Crippen LogP contribution in [-0.4, -0.2) is 180 Å². The fourth-order valence-corrected chi connectivity index (χ4v) is 20.0. The van der Waals surface area contributed by atoms with Crippen LogP contribution in [0, 0.1) is 11.8 Å². The third-order valence-corrected chi connectivity index (χ3v) is 36.6. The molecule has 6 aliphatic rings. The first-order valence-electron chi connectivity index (χ1n) is 48.0. The Hall–Kier alpha value is -9.90. The third-order valence-electron chi connectivity index (χ3n) is 27.4. The molecule has 2 aliphatic heterocycles. The number of halogens is 1. The monoisotopic (exact) mass is 1880 g/mol. The van der Waals surface area contributed by atoms with Crippen molar-refractivity contribution in [1.82, 2.24) is 54.4 Å². The van der Waals surface area contributed by atoms with Crippen molar-refractivity contribution >= 4 is 65.3 Å². The van der Waals surface area contributed by atoms with Crippen LogP contribution in [0.1, 0.15) is 289 Å². The van der Waals surface area contributed by atoms with Crippen molar-refractivity contribution < 1.29 is 57.5 Å². The van der Waals surface area contributed by atoms with Crippen LogP contribution in [0.15, 0.2) is 201 Å². The summed E-state index contributed by atoms with van der Waals surface area (Å²) in [5.74, 6) is 2.18. The van der Waals surface area contributed by atoms with Gasteiger partial charge in [0.15, 0.2) is 16.6 Å². The Kier molecular flexibility index (Phi) is 34.5. The molecule has 0 radical (unpaired) electrons. The van der Waals surface area contributed by atoms with Crippen LogP contribution in [-0.2, 0) is 57.2 Å². The molecule has 23 nitrogen and oxygen atoms in total. The Labute approximate surface area is 802 Å². The number of pyridine rings is 6. The Morgan fingerprint density at radius 2 is 0.791 bits per heavy atom. The molecule has 0 bridgehead atoms. The molecule has 134 heavy (non-hydrogen) atoms. The van der Waals surface area contributed by atoms with Gasteiger partial charge in [-0.05, 0) is 303 Å². The van der Waals surface area contributed by atoms with E-state index >= 15 is 0 Å². The van der Waals surface area contributed by atoms with Crippen molar-refractivity contribution in [3.8, 4) is 0 Å². The largest absolute Gasteiger partial charge is 0.454 e. The molecule has 4 saturated carbocycles. The molecular weight excluding hydrogens is 1730 g/mol. The Bertz CT molecular complexity index is 5290. The fourth-order valence-electron chi connectivity index (χ4n) is 17.4. The van der Waals surface area contributed by atoms with Crippen molar-refractivity contribution in [1.29, 1.82) is 0 Å². The van der Waals surface area contributed by atoms with Gasteiger partial charge in [-0.3, -0.25) is 49.1 Å². The van der Waals surface area contributed by atoms with E-state index in [9.17, 15) is 29.1 Å². The number of nitrogens with zero attached hydrogens (tertiary/aromatic N) is 11. The number of carbonyl (C=O) groups is 5. The number of aliphatic hydroxyl groups excluding tert-OH is 1. The summed E-state index contributed by atoms with van der Waals surface area (Å²) in [6, 6.07) is 46.6. The predicted octanol–water partition coefficient (Wildman–Crippen LogP) is 22.1. The molecule has 3 N–H and O–H groups in total. The smallest absolute Gasteiger partial charge is 0.444 e. The summed E-state index contributed by atoms with van der Waals surface area (Å²) in [4.78, 5) is 102. The van der Waals surface area contributed by atoms with E-state index in [1.807, 2.05) is 174 Å². The molecule has 9 atom stereocenters. The molecule has 5 amide bonds. The van der Waals surface area contributed by atoms with E-state index in [-0.39, 0.29) is 76.1 Å². The summed E-state index contributed by atoms with van der Waals surface area (Å²) in [5, 5.41) is 27.8. The van der Waals surface area contributed by atoms with Gasteiger partial charge in [0.25, 0.3) is 17.7 Å². The Balaban J connectivity index is 0.000000177. The fraction of sp³-hybridized carbons (Fsp3) is 0.505. The number of ether oxygens (including phenoxy) is 2. The highest BCUT2D eigenvalue weighted by Gasteiger charge is 2.51. The lowest BCUT2D eigenvalue weighted by atomic mass is 9.84. The number of amides is 5. The van der Waals surface area contributed by atoms with E-state index in [2.05, 4.69) is 129 Å². The van der Waals surface area contributed by atoms with Gasteiger partial charge in [-0.1, -0.05) is 139 Å². The summed E-state index contributed by atoms with van der Waals surface area (Å²) in [6.07, 6.45) is 29.9. The molecule has 6 aromatic heterocycles. The normalized spacial score (nSPS) is 19.2. The Morgan fingerprint density at radius 1 is 0.433 bits per heavy atom. The summed E-state index contributed by atoms with van der Waals surface area (Å²) >= 11 is 6.18. The van der Waals surface area contributed by atoms with E-state index in [1.165, 1.54) is 36.9 Å². The van der Waals surface area contributed by atoms with Gasteiger partial charge >= 0.3 is 19.3 Å². The zero-order valence-electron chi connectivity index (χ0n) is 82.3. The van der Waals surface area contributed by atoms with Gasteiger partial charge in [-0.2, -0.15) is 0 Å². The molecule has 3 aromatic carbocycles. The van der Waals surface area contributed by atoms with E-state index in [0.717, 1.165) is 114 Å². The maximum atomic E-state index is 14.1. The van der Waals surface area contributed by atoms with Gasteiger partial charge in [0, 0.05) is 154 Å². The van der Waals surface area contributed by atoms with Crippen molar-refractivity contribution in [2.45, 2.75) is 313 Å². The quantitative estimate of drug-likeness (QED) is 0.0303. The highest BCUT2D eigenvalue weighted by atomic mass is 35.5. The second kappa shape index (κ2) is 44.9. The van der Waals surface area contributed by atoms with E-state index in [4.69, 9.17) is 45.0 Å². The average molecular weight is 1880 g/mol. The third kappa shape index (κ3) is 29.1. The summed E-state index contributed by atoms with van der Waals surface area (Å²) in [7, 11) is -0.137. The molecule has 0 spiro atoms. The number of likely N-dealkylation sites (tertiary alicyclic amines) is 2. The minimum atomic E-state index is -2.27. The molecule has 6 fully saturated rings.